The molecule has 1 N–H and O–H groups in total. The van der Waals surface area contributed by atoms with Crippen LogP contribution in [0.1, 0.15) is 28.8 Å². The molecule has 1 fully saturated rings. The van der Waals surface area contributed by atoms with Crippen molar-refractivity contribution in [3.8, 4) is 22.5 Å². The van der Waals surface area contributed by atoms with E-state index in [2.05, 4.69) is 10.3 Å². The predicted molar refractivity (Wildman–Crippen MR) is 115 cm³/mol. The number of nitrogens with zero attached hydrogens (tertiary/aromatic N) is 3. The fourth-order valence-electron chi connectivity index (χ4n) is 4.36. The van der Waals surface area contributed by atoms with Crippen LogP contribution in [0.4, 0.5) is 4.39 Å². The lowest BCUT2D eigenvalue weighted by Gasteiger charge is -2.29. The van der Waals surface area contributed by atoms with Gasteiger partial charge in [-0.15, -0.1) is 0 Å². The molecule has 1 unspecified atom stereocenters. The lowest BCUT2D eigenvalue weighted by atomic mass is 10.0. The van der Waals surface area contributed by atoms with Crippen LogP contribution in [0.3, 0.4) is 0 Å². The Hall–Kier alpha value is -3.52. The topological polar surface area (TPSA) is 84.3 Å². The number of benzene rings is 2. The normalized spacial score (nSPS) is 18.2. The molecule has 3 heterocycles. The van der Waals surface area contributed by atoms with E-state index in [4.69, 9.17) is 11.6 Å². The molecule has 2 aliphatic rings. The molecular formula is C23H18ClFN4O3. The van der Waals surface area contributed by atoms with E-state index in [1.54, 1.807) is 24.5 Å². The van der Waals surface area contributed by atoms with Gasteiger partial charge in [0.05, 0.1) is 22.7 Å². The molecule has 7 nitrogen and oxygen atoms in total. The van der Waals surface area contributed by atoms with E-state index < -0.39 is 17.8 Å². The number of imidazole rings is 1. The van der Waals surface area contributed by atoms with Gasteiger partial charge in [-0.1, -0.05) is 17.7 Å². The second-order valence-electron chi connectivity index (χ2n) is 7.95. The third kappa shape index (κ3) is 3.27. The Balaban J connectivity index is 1.51. The highest BCUT2D eigenvalue weighted by molar-refractivity contribution is 6.33. The fourth-order valence-corrected chi connectivity index (χ4v) is 4.62. The zero-order valence-corrected chi connectivity index (χ0v) is 17.8. The molecular weight excluding hydrogens is 435 g/mol. The minimum atomic E-state index is -0.667. The maximum atomic E-state index is 13.5. The van der Waals surface area contributed by atoms with Crippen LogP contribution in [0.5, 0.6) is 0 Å². The highest BCUT2D eigenvalue weighted by Crippen LogP contribution is 2.37. The maximum absolute atomic E-state index is 13.5. The minimum absolute atomic E-state index is 0.206. The number of imide groups is 1. The van der Waals surface area contributed by atoms with Gasteiger partial charge >= 0.3 is 0 Å². The number of carbonyl (C=O) groups excluding carboxylic acids is 3. The van der Waals surface area contributed by atoms with E-state index in [9.17, 15) is 18.8 Å². The molecule has 1 atom stereocenters. The van der Waals surface area contributed by atoms with Gasteiger partial charge in [0, 0.05) is 36.7 Å². The molecule has 1 aromatic heterocycles. The van der Waals surface area contributed by atoms with E-state index in [-0.39, 0.29) is 29.8 Å². The number of fused-ring (bicyclic) bond motifs is 1. The van der Waals surface area contributed by atoms with Gasteiger partial charge in [0.15, 0.2) is 0 Å². The molecule has 162 valence electrons. The molecule has 9 heteroatoms. The summed E-state index contributed by atoms with van der Waals surface area (Å²) in [6.07, 6.45) is 2.17. The van der Waals surface area contributed by atoms with Gasteiger partial charge in [-0.3, -0.25) is 19.7 Å². The largest absolute Gasteiger partial charge is 0.333 e. The van der Waals surface area contributed by atoms with Gasteiger partial charge in [0.1, 0.15) is 11.9 Å². The summed E-state index contributed by atoms with van der Waals surface area (Å²) in [4.78, 5) is 42.7. The zero-order valence-electron chi connectivity index (χ0n) is 17.1. The molecule has 2 aliphatic heterocycles. The van der Waals surface area contributed by atoms with Crippen molar-refractivity contribution in [3.63, 3.8) is 0 Å². The lowest BCUT2D eigenvalue weighted by Crippen LogP contribution is -2.52. The molecule has 32 heavy (non-hydrogen) atoms. The van der Waals surface area contributed by atoms with Crippen molar-refractivity contribution in [1.29, 1.82) is 0 Å². The number of hydrogen-bond acceptors (Lipinski definition) is 4. The summed E-state index contributed by atoms with van der Waals surface area (Å²) in [5, 5.41) is 2.58. The SMILES string of the molecule is Cn1cnc(-c2ccc3c(c2)CN(C2CCC(=O)NC2=O)C3=O)c1-c1ccc(F)cc1Cl. The summed E-state index contributed by atoms with van der Waals surface area (Å²) in [7, 11) is 1.83. The highest BCUT2D eigenvalue weighted by atomic mass is 35.5. The summed E-state index contributed by atoms with van der Waals surface area (Å²) in [6, 6.07) is 8.95. The number of rotatable bonds is 3. The average molecular weight is 453 g/mol. The van der Waals surface area contributed by atoms with Crippen LogP contribution >= 0.6 is 11.6 Å². The average Bonchev–Trinajstić information content (AvgIpc) is 3.28. The highest BCUT2D eigenvalue weighted by Gasteiger charge is 2.39. The molecule has 0 radical (unpaired) electrons. The van der Waals surface area contributed by atoms with Crippen molar-refractivity contribution < 1.29 is 18.8 Å². The number of nitrogens with one attached hydrogen (secondary N) is 1. The number of aryl methyl sites for hydroxylation is 1. The van der Waals surface area contributed by atoms with Gasteiger partial charge in [-0.25, -0.2) is 9.37 Å². The summed E-state index contributed by atoms with van der Waals surface area (Å²) >= 11 is 6.30. The fraction of sp³-hybridized carbons (Fsp3) is 0.217. The number of amides is 3. The third-order valence-electron chi connectivity index (χ3n) is 5.92. The Morgan fingerprint density at radius 2 is 1.91 bits per heavy atom. The van der Waals surface area contributed by atoms with Crippen LogP contribution in [-0.4, -0.2) is 38.2 Å². The lowest BCUT2D eigenvalue weighted by molar-refractivity contribution is -0.136. The summed E-state index contributed by atoms with van der Waals surface area (Å²) in [5.74, 6) is -1.42. The Labute approximate surface area is 187 Å². The van der Waals surface area contributed by atoms with Crippen molar-refractivity contribution in [2.45, 2.75) is 25.4 Å². The number of piperidine rings is 1. The second kappa shape index (κ2) is 7.56. The number of carbonyl (C=O) groups is 3. The van der Waals surface area contributed by atoms with E-state index >= 15 is 0 Å². The molecule has 0 bridgehead atoms. The predicted octanol–water partition coefficient (Wildman–Crippen LogP) is 3.31. The first-order chi connectivity index (χ1) is 15.3. The molecule has 1 saturated heterocycles. The summed E-state index contributed by atoms with van der Waals surface area (Å²) in [5.41, 5.74) is 4.09. The Kier molecular flexibility index (Phi) is 4.82. The van der Waals surface area contributed by atoms with Crippen LogP contribution in [0, 0.1) is 5.82 Å². The van der Waals surface area contributed by atoms with Crippen LogP contribution in [0.2, 0.25) is 5.02 Å². The third-order valence-corrected chi connectivity index (χ3v) is 6.23. The van der Waals surface area contributed by atoms with E-state index in [1.807, 2.05) is 17.7 Å². The Morgan fingerprint density at radius 1 is 1.12 bits per heavy atom. The smallest absolute Gasteiger partial charge is 0.255 e. The molecule has 2 aromatic carbocycles. The van der Waals surface area contributed by atoms with Gasteiger partial charge in [0.25, 0.3) is 5.91 Å². The molecule has 0 aliphatic carbocycles. The Morgan fingerprint density at radius 3 is 2.66 bits per heavy atom. The van der Waals surface area contributed by atoms with Gasteiger partial charge in [-0.2, -0.15) is 0 Å². The molecule has 5 rings (SSSR count). The van der Waals surface area contributed by atoms with Crippen LogP contribution in [0.25, 0.3) is 22.5 Å². The maximum Gasteiger partial charge on any atom is 0.255 e. The van der Waals surface area contributed by atoms with Gasteiger partial charge in [0.2, 0.25) is 11.8 Å². The first-order valence-electron chi connectivity index (χ1n) is 10.1. The quantitative estimate of drug-likeness (QED) is 0.618. The molecule has 3 amide bonds. The molecule has 0 saturated carbocycles. The van der Waals surface area contributed by atoms with Gasteiger partial charge in [-0.05, 0) is 42.3 Å². The summed E-state index contributed by atoms with van der Waals surface area (Å²) < 4.78 is 15.4. The monoisotopic (exact) mass is 452 g/mol. The summed E-state index contributed by atoms with van der Waals surface area (Å²) in [6.45, 7) is 0.272. The van der Waals surface area contributed by atoms with E-state index in [1.165, 1.54) is 17.0 Å². The first kappa shape index (κ1) is 20.4. The van der Waals surface area contributed by atoms with Gasteiger partial charge < -0.3 is 9.47 Å². The minimum Gasteiger partial charge on any atom is -0.333 e. The number of aromatic nitrogens is 2. The molecule has 3 aromatic rings. The van der Waals surface area contributed by atoms with Crippen molar-refractivity contribution in [3.05, 3.63) is 64.7 Å². The van der Waals surface area contributed by atoms with Crippen molar-refractivity contribution >= 4 is 29.3 Å². The van der Waals surface area contributed by atoms with E-state index in [0.717, 1.165) is 16.8 Å². The zero-order chi connectivity index (χ0) is 22.6. The molecule has 0 spiro atoms. The number of hydrogen-bond donors (Lipinski definition) is 1. The van der Waals surface area contributed by atoms with Crippen LogP contribution in [-0.2, 0) is 23.2 Å². The van der Waals surface area contributed by atoms with Crippen molar-refractivity contribution in [2.75, 3.05) is 0 Å². The van der Waals surface area contributed by atoms with E-state index in [0.29, 0.717) is 23.2 Å². The number of halogens is 2. The van der Waals surface area contributed by atoms with Crippen LogP contribution < -0.4 is 5.32 Å². The standard InChI is InChI=1S/C23H18ClFN4O3/c1-28-11-26-20(21(28)16-5-3-14(25)9-17(16)24)12-2-4-15-13(8-12)10-29(23(15)32)18-6-7-19(30)27-22(18)31/h2-5,8-9,11,18H,6-7,10H2,1H3,(H,27,30,31). The van der Waals surface area contributed by atoms with Crippen LogP contribution in [0.15, 0.2) is 42.7 Å². The van der Waals surface area contributed by atoms with Crippen molar-refractivity contribution in [1.82, 2.24) is 19.8 Å². The second-order valence-corrected chi connectivity index (χ2v) is 8.36. The van der Waals surface area contributed by atoms with Crippen molar-refractivity contribution in [2.24, 2.45) is 7.05 Å². The first-order valence-corrected chi connectivity index (χ1v) is 10.5. The Bertz CT molecular complexity index is 1300.